The molecular formula is C24H32Cl2O. The maximum atomic E-state index is 6.23. The second-order valence-electron chi connectivity index (χ2n) is 7.82. The van der Waals surface area contributed by atoms with Crippen molar-refractivity contribution in [2.45, 2.75) is 58.2 Å². The predicted octanol–water partition coefficient (Wildman–Crippen LogP) is 8.06. The van der Waals surface area contributed by atoms with Crippen molar-refractivity contribution < 1.29 is 4.74 Å². The molecule has 0 heterocycles. The van der Waals surface area contributed by atoms with Crippen LogP contribution in [0.25, 0.3) is 11.1 Å². The first-order valence-corrected chi connectivity index (χ1v) is 11.1. The molecule has 0 fully saturated rings. The maximum absolute atomic E-state index is 6.23. The lowest BCUT2D eigenvalue weighted by Gasteiger charge is -2.17. The number of rotatable bonds is 11. The highest BCUT2D eigenvalue weighted by molar-refractivity contribution is 6.18. The Hall–Kier alpha value is -1.18. The zero-order valence-electron chi connectivity index (χ0n) is 16.8. The molecule has 0 amide bonds. The Morgan fingerprint density at radius 1 is 0.852 bits per heavy atom. The average Bonchev–Trinajstić information content (AvgIpc) is 2.67. The van der Waals surface area contributed by atoms with Gasteiger partial charge in [-0.3, -0.25) is 0 Å². The summed E-state index contributed by atoms with van der Waals surface area (Å²) in [5.74, 6) is 3.22. The quantitative estimate of drug-likeness (QED) is 0.342. The summed E-state index contributed by atoms with van der Waals surface area (Å²) in [7, 11) is 0. The van der Waals surface area contributed by atoms with Gasteiger partial charge in [-0.05, 0) is 47.1 Å². The summed E-state index contributed by atoms with van der Waals surface area (Å²) in [6.45, 7) is 7.61. The van der Waals surface area contributed by atoms with E-state index in [4.69, 9.17) is 27.9 Å². The summed E-state index contributed by atoms with van der Waals surface area (Å²) in [6, 6.07) is 14.5. The van der Waals surface area contributed by atoms with Gasteiger partial charge in [0.2, 0.25) is 0 Å². The molecule has 0 aliphatic heterocycles. The van der Waals surface area contributed by atoms with E-state index >= 15 is 0 Å². The van der Waals surface area contributed by atoms with Gasteiger partial charge in [-0.25, -0.2) is 0 Å². The number of benzene rings is 2. The van der Waals surface area contributed by atoms with Gasteiger partial charge in [0.05, 0.1) is 12.5 Å². The molecule has 27 heavy (non-hydrogen) atoms. The van der Waals surface area contributed by atoms with Gasteiger partial charge >= 0.3 is 0 Å². The van der Waals surface area contributed by atoms with Crippen molar-refractivity contribution in [1.82, 2.24) is 0 Å². The van der Waals surface area contributed by atoms with Crippen LogP contribution in [0.5, 0.6) is 5.75 Å². The van der Waals surface area contributed by atoms with Gasteiger partial charge in [-0.2, -0.15) is 0 Å². The van der Waals surface area contributed by atoms with Crippen molar-refractivity contribution in [3.63, 3.8) is 0 Å². The van der Waals surface area contributed by atoms with Gasteiger partial charge in [0, 0.05) is 11.4 Å². The molecule has 0 N–H and O–H groups in total. The van der Waals surface area contributed by atoms with E-state index in [0.717, 1.165) is 46.9 Å². The minimum absolute atomic E-state index is 0.432. The molecule has 1 atom stereocenters. The van der Waals surface area contributed by atoms with Crippen LogP contribution < -0.4 is 4.74 Å². The molecule has 0 aliphatic carbocycles. The fourth-order valence-corrected chi connectivity index (χ4v) is 3.72. The summed E-state index contributed by atoms with van der Waals surface area (Å²) < 4.78 is 6.12. The number of hydrogen-bond acceptors (Lipinski definition) is 1. The Labute approximate surface area is 175 Å². The zero-order chi connectivity index (χ0) is 19.6. The third-order valence-electron chi connectivity index (χ3n) is 5.01. The molecular weight excluding hydrogens is 375 g/mol. The van der Waals surface area contributed by atoms with Gasteiger partial charge in [0.15, 0.2) is 0 Å². The molecule has 2 rings (SSSR count). The molecule has 1 nitrogen and oxygen atoms in total. The van der Waals surface area contributed by atoms with Crippen molar-refractivity contribution >= 4 is 23.2 Å². The molecule has 1 unspecified atom stereocenters. The Bertz CT molecular complexity index is 682. The highest BCUT2D eigenvalue weighted by Crippen LogP contribution is 2.33. The van der Waals surface area contributed by atoms with Crippen LogP contribution in [0.4, 0.5) is 0 Å². The van der Waals surface area contributed by atoms with Crippen LogP contribution in [0.3, 0.4) is 0 Å². The first-order valence-electron chi connectivity index (χ1n) is 10.0. The average molecular weight is 407 g/mol. The van der Waals surface area contributed by atoms with Crippen LogP contribution in [0.15, 0.2) is 42.5 Å². The van der Waals surface area contributed by atoms with Crippen molar-refractivity contribution in [2.24, 2.45) is 11.8 Å². The predicted molar refractivity (Wildman–Crippen MR) is 119 cm³/mol. The van der Waals surface area contributed by atoms with E-state index < -0.39 is 0 Å². The van der Waals surface area contributed by atoms with Gasteiger partial charge in [0.1, 0.15) is 5.75 Å². The fraction of sp³-hybridized carbons (Fsp3) is 0.500. The first-order chi connectivity index (χ1) is 13.0. The second-order valence-corrected chi connectivity index (χ2v) is 8.35. The van der Waals surface area contributed by atoms with Crippen molar-refractivity contribution in [3.8, 4) is 16.9 Å². The number of halogens is 2. The van der Waals surface area contributed by atoms with Crippen LogP contribution in [-0.2, 0) is 11.8 Å². The van der Waals surface area contributed by atoms with Crippen LogP contribution in [0, 0.1) is 11.8 Å². The second kappa shape index (κ2) is 11.6. The molecule has 148 valence electrons. The van der Waals surface area contributed by atoms with Gasteiger partial charge < -0.3 is 4.74 Å². The first kappa shape index (κ1) is 22.1. The Morgan fingerprint density at radius 2 is 1.56 bits per heavy atom. The van der Waals surface area contributed by atoms with E-state index in [1.165, 1.54) is 19.3 Å². The van der Waals surface area contributed by atoms with Crippen LogP contribution in [0.1, 0.15) is 57.6 Å². The van der Waals surface area contributed by atoms with Crippen molar-refractivity contribution in [2.75, 3.05) is 6.61 Å². The van der Waals surface area contributed by atoms with Crippen molar-refractivity contribution in [1.29, 1.82) is 0 Å². The molecule has 0 spiro atoms. The lowest BCUT2D eigenvalue weighted by atomic mass is 9.97. The summed E-state index contributed by atoms with van der Waals surface area (Å²) >= 11 is 12.4. The third kappa shape index (κ3) is 7.05. The maximum Gasteiger partial charge on any atom is 0.124 e. The standard InChI is InChI=1S/C24H32Cl2O/c1-18(2)8-7-9-19(3)12-13-27-24-15-21(16-25)23(14-22(24)17-26)20-10-5-4-6-11-20/h4-6,10-11,14-15,18-19H,7-9,12-13,16-17H2,1-3H3. The zero-order valence-corrected chi connectivity index (χ0v) is 18.3. The molecule has 2 aromatic carbocycles. The molecule has 0 aliphatic rings. The number of ether oxygens (including phenoxy) is 1. The van der Waals surface area contributed by atoms with E-state index in [1.807, 2.05) is 18.2 Å². The smallest absolute Gasteiger partial charge is 0.124 e. The summed E-state index contributed by atoms with van der Waals surface area (Å²) in [6.07, 6.45) is 4.94. The van der Waals surface area contributed by atoms with Crippen LogP contribution in [0.2, 0.25) is 0 Å². The van der Waals surface area contributed by atoms with E-state index in [2.05, 4.69) is 45.0 Å². The lowest BCUT2D eigenvalue weighted by Crippen LogP contribution is -2.06. The minimum atomic E-state index is 0.432. The third-order valence-corrected chi connectivity index (χ3v) is 5.58. The van der Waals surface area contributed by atoms with E-state index in [0.29, 0.717) is 17.7 Å². The topological polar surface area (TPSA) is 9.23 Å². The molecule has 0 radical (unpaired) electrons. The van der Waals surface area contributed by atoms with Crippen LogP contribution >= 0.6 is 23.2 Å². The Morgan fingerprint density at radius 3 is 2.19 bits per heavy atom. The molecule has 3 heteroatoms. The molecule has 0 bridgehead atoms. The number of alkyl halides is 2. The highest BCUT2D eigenvalue weighted by Gasteiger charge is 2.12. The van der Waals surface area contributed by atoms with E-state index in [9.17, 15) is 0 Å². The monoisotopic (exact) mass is 406 g/mol. The fourth-order valence-electron chi connectivity index (χ4n) is 3.29. The van der Waals surface area contributed by atoms with Gasteiger partial charge in [0.25, 0.3) is 0 Å². The molecule has 0 saturated carbocycles. The van der Waals surface area contributed by atoms with E-state index in [-0.39, 0.29) is 0 Å². The lowest BCUT2D eigenvalue weighted by molar-refractivity contribution is 0.274. The Kier molecular flexibility index (Phi) is 9.51. The normalized spacial score (nSPS) is 12.4. The molecule has 0 saturated heterocycles. The SMILES string of the molecule is CC(C)CCCC(C)CCOc1cc(CCl)c(-c2ccccc2)cc1CCl. The largest absolute Gasteiger partial charge is 0.493 e. The minimum Gasteiger partial charge on any atom is -0.493 e. The van der Waals surface area contributed by atoms with Crippen LogP contribution in [-0.4, -0.2) is 6.61 Å². The Balaban J connectivity index is 2.02. The summed E-state index contributed by atoms with van der Waals surface area (Å²) in [5, 5.41) is 0. The van der Waals surface area contributed by atoms with Gasteiger partial charge in [-0.1, -0.05) is 70.4 Å². The highest BCUT2D eigenvalue weighted by atomic mass is 35.5. The molecule has 2 aromatic rings. The summed E-state index contributed by atoms with van der Waals surface area (Å²) in [5.41, 5.74) is 4.40. The summed E-state index contributed by atoms with van der Waals surface area (Å²) in [4.78, 5) is 0. The number of hydrogen-bond donors (Lipinski definition) is 0. The van der Waals surface area contributed by atoms with Crippen molar-refractivity contribution in [3.05, 3.63) is 53.6 Å². The van der Waals surface area contributed by atoms with E-state index in [1.54, 1.807) is 0 Å². The van der Waals surface area contributed by atoms with Gasteiger partial charge in [-0.15, -0.1) is 23.2 Å². The molecule has 0 aromatic heterocycles.